The Kier molecular flexibility index (Phi) is 6.86. The zero-order chi connectivity index (χ0) is 15.2. The number of rotatable bonds is 9. The first-order valence-electron chi connectivity index (χ1n) is 6.89. The van der Waals surface area contributed by atoms with Crippen LogP contribution in [0.4, 0.5) is 0 Å². The molecule has 0 amide bonds. The van der Waals surface area contributed by atoms with E-state index in [0.717, 1.165) is 19.5 Å². The summed E-state index contributed by atoms with van der Waals surface area (Å²) in [7, 11) is -4.94. The highest BCUT2D eigenvalue weighted by molar-refractivity contribution is 7.91. The maximum Gasteiger partial charge on any atom is 0.279 e. The smallest absolute Gasteiger partial charge is 0.279 e. The summed E-state index contributed by atoms with van der Waals surface area (Å²) in [6.45, 7) is 4.27. The summed E-state index contributed by atoms with van der Waals surface area (Å²) >= 11 is 0. The molecule has 20 heavy (non-hydrogen) atoms. The maximum atomic E-state index is 12.0. The van der Waals surface area contributed by atoms with Crippen LogP contribution in [0, 0.1) is 5.92 Å². The van der Waals surface area contributed by atoms with Gasteiger partial charge in [0.15, 0.2) is 9.84 Å². The maximum absolute atomic E-state index is 12.0. The second-order valence-corrected chi connectivity index (χ2v) is 9.24. The molecule has 1 rings (SSSR count). The van der Waals surface area contributed by atoms with Crippen molar-refractivity contribution in [3.05, 3.63) is 0 Å². The van der Waals surface area contributed by atoms with E-state index >= 15 is 0 Å². The van der Waals surface area contributed by atoms with Gasteiger partial charge in [-0.05, 0) is 31.8 Å². The Balaban J connectivity index is 2.33. The first kappa shape index (κ1) is 17.8. The van der Waals surface area contributed by atoms with Crippen LogP contribution in [-0.4, -0.2) is 65.9 Å². The second-order valence-electron chi connectivity index (χ2n) is 5.15. The van der Waals surface area contributed by atoms with Crippen molar-refractivity contribution in [3.63, 3.8) is 0 Å². The first-order valence-corrected chi connectivity index (χ1v) is 10.1. The lowest BCUT2D eigenvalue weighted by Gasteiger charge is -2.19. The van der Waals surface area contributed by atoms with Crippen molar-refractivity contribution in [2.45, 2.75) is 19.8 Å². The summed E-state index contributed by atoms with van der Waals surface area (Å²) in [6, 6.07) is 0. The van der Waals surface area contributed by atoms with Gasteiger partial charge in [0.05, 0.1) is 11.5 Å². The van der Waals surface area contributed by atoms with E-state index in [0.29, 0.717) is 13.0 Å². The molecule has 1 atom stereocenters. The predicted molar refractivity (Wildman–Crippen MR) is 79.5 cm³/mol. The van der Waals surface area contributed by atoms with Gasteiger partial charge >= 0.3 is 0 Å². The molecule has 0 aromatic carbocycles. The van der Waals surface area contributed by atoms with Gasteiger partial charge in [0.2, 0.25) is 0 Å². The number of sulfone groups is 1. The van der Waals surface area contributed by atoms with Crippen molar-refractivity contribution in [2.75, 3.05) is 44.7 Å². The van der Waals surface area contributed by atoms with Gasteiger partial charge < -0.3 is 5.32 Å². The zero-order valence-electron chi connectivity index (χ0n) is 12.1. The summed E-state index contributed by atoms with van der Waals surface area (Å²) in [5.41, 5.74) is 0. The van der Waals surface area contributed by atoms with Crippen LogP contribution in [0.5, 0.6) is 0 Å². The number of nitrogens with one attached hydrogen (secondary N) is 2. The van der Waals surface area contributed by atoms with Gasteiger partial charge in [0, 0.05) is 20.1 Å². The van der Waals surface area contributed by atoms with Crippen molar-refractivity contribution >= 4 is 20.0 Å². The number of hydrogen-bond acceptors (Lipinski definition) is 5. The van der Waals surface area contributed by atoms with Crippen molar-refractivity contribution in [1.82, 2.24) is 14.3 Å². The van der Waals surface area contributed by atoms with Gasteiger partial charge in [-0.25, -0.2) is 13.1 Å². The summed E-state index contributed by atoms with van der Waals surface area (Å²) in [5, 5.41) is 3.13. The normalized spacial score (nSPS) is 22.4. The molecule has 9 heteroatoms. The fourth-order valence-corrected chi connectivity index (χ4v) is 4.99. The van der Waals surface area contributed by atoms with Crippen LogP contribution < -0.4 is 10.0 Å². The van der Waals surface area contributed by atoms with Crippen LogP contribution in [0.25, 0.3) is 0 Å². The number of nitrogens with zero attached hydrogens (tertiary/aromatic N) is 1. The summed E-state index contributed by atoms with van der Waals surface area (Å²) < 4.78 is 50.3. The molecule has 1 heterocycles. The second kappa shape index (κ2) is 7.69. The molecule has 7 nitrogen and oxygen atoms in total. The molecular formula is C11H25N3O4S2. The molecule has 0 aliphatic carbocycles. The quantitative estimate of drug-likeness (QED) is 0.540. The van der Waals surface area contributed by atoms with Gasteiger partial charge in [-0.3, -0.25) is 0 Å². The molecule has 1 aliphatic rings. The number of hydrogen-bond donors (Lipinski definition) is 2. The minimum absolute atomic E-state index is 0.0830. The van der Waals surface area contributed by atoms with Crippen molar-refractivity contribution in [3.8, 4) is 0 Å². The average molecular weight is 327 g/mol. The molecule has 1 aliphatic heterocycles. The molecule has 0 spiro atoms. The topological polar surface area (TPSA) is 95.6 Å². The third kappa shape index (κ3) is 6.04. The van der Waals surface area contributed by atoms with Crippen molar-refractivity contribution in [1.29, 1.82) is 0 Å². The molecule has 0 aromatic heterocycles. The third-order valence-corrected chi connectivity index (χ3v) is 6.74. The van der Waals surface area contributed by atoms with E-state index in [1.807, 2.05) is 6.92 Å². The first-order chi connectivity index (χ1) is 9.27. The monoisotopic (exact) mass is 327 g/mol. The van der Waals surface area contributed by atoms with Gasteiger partial charge in [-0.2, -0.15) is 12.7 Å². The molecule has 1 fully saturated rings. The van der Waals surface area contributed by atoms with Crippen LogP contribution in [0.15, 0.2) is 0 Å². The van der Waals surface area contributed by atoms with Gasteiger partial charge in [-0.1, -0.05) is 6.92 Å². The van der Waals surface area contributed by atoms with E-state index in [-0.39, 0.29) is 24.0 Å². The molecule has 2 N–H and O–H groups in total. The Morgan fingerprint density at radius 2 is 2.05 bits per heavy atom. The van der Waals surface area contributed by atoms with E-state index in [2.05, 4.69) is 10.0 Å². The average Bonchev–Trinajstić information content (AvgIpc) is 2.72. The van der Waals surface area contributed by atoms with Gasteiger partial charge in [0.1, 0.15) is 0 Å². The van der Waals surface area contributed by atoms with Crippen LogP contribution >= 0.6 is 0 Å². The summed E-state index contributed by atoms with van der Waals surface area (Å²) in [5.74, 6) is 0.141. The minimum atomic E-state index is -3.51. The Hall–Kier alpha value is -0.220. The van der Waals surface area contributed by atoms with Crippen LogP contribution in [0.2, 0.25) is 0 Å². The van der Waals surface area contributed by atoms with Crippen LogP contribution in [0.3, 0.4) is 0 Å². The fourth-order valence-electron chi connectivity index (χ4n) is 2.09. The lowest BCUT2D eigenvalue weighted by atomic mass is 10.1. The van der Waals surface area contributed by atoms with E-state index < -0.39 is 20.0 Å². The molecule has 0 bridgehead atoms. The van der Waals surface area contributed by atoms with Gasteiger partial charge in [0.25, 0.3) is 10.2 Å². The fraction of sp³-hybridized carbons (Fsp3) is 1.00. The molecule has 120 valence electrons. The van der Waals surface area contributed by atoms with E-state index in [9.17, 15) is 16.8 Å². The van der Waals surface area contributed by atoms with Crippen molar-refractivity contribution in [2.24, 2.45) is 5.92 Å². The third-order valence-electron chi connectivity index (χ3n) is 3.37. The van der Waals surface area contributed by atoms with Gasteiger partial charge in [-0.15, -0.1) is 0 Å². The molecule has 0 aromatic rings. The minimum Gasteiger partial charge on any atom is -0.317 e. The highest BCUT2D eigenvalue weighted by Gasteiger charge is 2.29. The standard InChI is InChI=1S/C11H25N3O4S2/c1-3-12-6-4-7-14(2)20(17,18)13-9-11-5-8-19(15,16)10-11/h11-13H,3-10H2,1-2H3. The molecule has 1 unspecified atom stereocenters. The Morgan fingerprint density at radius 3 is 2.60 bits per heavy atom. The largest absolute Gasteiger partial charge is 0.317 e. The molecule has 0 saturated carbocycles. The SMILES string of the molecule is CCNCCCN(C)S(=O)(=O)NCC1CCS(=O)(=O)C1. The lowest BCUT2D eigenvalue weighted by molar-refractivity contribution is 0.439. The molecular weight excluding hydrogens is 302 g/mol. The highest BCUT2D eigenvalue weighted by Crippen LogP contribution is 2.17. The Morgan fingerprint density at radius 1 is 1.35 bits per heavy atom. The lowest BCUT2D eigenvalue weighted by Crippen LogP contribution is -2.41. The Bertz CT molecular complexity index is 490. The molecule has 1 saturated heterocycles. The summed E-state index contributed by atoms with van der Waals surface area (Å²) in [6.07, 6.45) is 1.28. The predicted octanol–water partition coefficient (Wildman–Crippen LogP) is -0.813. The summed E-state index contributed by atoms with van der Waals surface area (Å²) in [4.78, 5) is 0. The zero-order valence-corrected chi connectivity index (χ0v) is 13.8. The van der Waals surface area contributed by atoms with Crippen LogP contribution in [0.1, 0.15) is 19.8 Å². The Labute approximate surface area is 122 Å². The van der Waals surface area contributed by atoms with Crippen LogP contribution in [-0.2, 0) is 20.0 Å². The van der Waals surface area contributed by atoms with E-state index in [1.165, 1.54) is 11.4 Å². The van der Waals surface area contributed by atoms with E-state index in [4.69, 9.17) is 0 Å². The highest BCUT2D eigenvalue weighted by atomic mass is 32.2. The van der Waals surface area contributed by atoms with Crippen molar-refractivity contribution < 1.29 is 16.8 Å². The van der Waals surface area contributed by atoms with E-state index in [1.54, 1.807) is 0 Å². The molecule has 0 radical (unpaired) electrons.